The molecule has 4 nitrogen and oxygen atoms in total. The van der Waals surface area contributed by atoms with Crippen LogP contribution in [0.5, 0.6) is 0 Å². The molecule has 1 aromatic heterocycles. The first-order chi connectivity index (χ1) is 9.80. The smallest absolute Gasteiger partial charge is 0.0625 e. The van der Waals surface area contributed by atoms with Crippen LogP contribution in [0.2, 0.25) is 0 Å². The van der Waals surface area contributed by atoms with Crippen LogP contribution in [0.4, 0.5) is 0 Å². The Kier molecular flexibility index (Phi) is 4.41. The van der Waals surface area contributed by atoms with E-state index in [0.717, 1.165) is 31.6 Å². The van der Waals surface area contributed by atoms with Gasteiger partial charge in [-0.15, -0.1) is 0 Å². The fraction of sp³-hybridized carbons (Fsp3) is 0.812. The molecular weight excluding hydrogens is 248 g/mol. The zero-order valence-corrected chi connectivity index (χ0v) is 12.9. The molecule has 0 spiro atoms. The summed E-state index contributed by atoms with van der Waals surface area (Å²) in [5, 5.41) is 8.37. The van der Waals surface area contributed by atoms with Gasteiger partial charge >= 0.3 is 0 Å². The molecule has 2 fully saturated rings. The molecule has 1 atom stereocenters. The van der Waals surface area contributed by atoms with Gasteiger partial charge in [0.1, 0.15) is 0 Å². The fourth-order valence-corrected chi connectivity index (χ4v) is 3.22. The maximum absolute atomic E-state index is 4.67. The lowest BCUT2D eigenvalue weighted by molar-refractivity contribution is 0.232. The molecule has 0 bridgehead atoms. The summed E-state index contributed by atoms with van der Waals surface area (Å²) in [6, 6.07) is 3.85. The zero-order chi connectivity index (χ0) is 13.9. The van der Waals surface area contributed by atoms with Gasteiger partial charge in [-0.25, -0.2) is 0 Å². The Labute approximate surface area is 122 Å². The quantitative estimate of drug-likeness (QED) is 0.828. The Balaban J connectivity index is 1.61. The van der Waals surface area contributed by atoms with Gasteiger partial charge in [0.05, 0.1) is 11.4 Å². The summed E-state index contributed by atoms with van der Waals surface area (Å²) in [6.45, 7) is 8.83. The molecule has 2 aliphatic rings. The highest BCUT2D eigenvalue weighted by atomic mass is 15.3. The largest absolute Gasteiger partial charge is 0.312 e. The lowest BCUT2D eigenvalue weighted by Gasteiger charge is -2.25. The van der Waals surface area contributed by atoms with Crippen LogP contribution in [0.15, 0.2) is 6.07 Å². The van der Waals surface area contributed by atoms with E-state index in [9.17, 15) is 0 Å². The van der Waals surface area contributed by atoms with E-state index in [1.54, 1.807) is 0 Å². The second-order valence-corrected chi connectivity index (χ2v) is 6.25. The number of nitrogens with zero attached hydrogens (tertiary/aromatic N) is 3. The summed E-state index contributed by atoms with van der Waals surface area (Å²) in [6.07, 6.45) is 6.50. The Bertz CT molecular complexity index is 436. The normalized spacial score (nSPS) is 23.6. The Morgan fingerprint density at radius 2 is 2.15 bits per heavy atom. The van der Waals surface area contributed by atoms with Gasteiger partial charge in [0, 0.05) is 31.7 Å². The third-order valence-electron chi connectivity index (χ3n) is 4.66. The van der Waals surface area contributed by atoms with Crippen molar-refractivity contribution >= 4 is 0 Å². The van der Waals surface area contributed by atoms with E-state index < -0.39 is 0 Å². The summed E-state index contributed by atoms with van der Waals surface area (Å²) < 4.78 is 2.18. The van der Waals surface area contributed by atoms with Crippen LogP contribution < -0.4 is 5.32 Å². The van der Waals surface area contributed by atoms with Crippen molar-refractivity contribution in [3.05, 3.63) is 17.5 Å². The van der Waals surface area contributed by atoms with Crippen molar-refractivity contribution in [1.82, 2.24) is 20.0 Å². The summed E-state index contributed by atoms with van der Waals surface area (Å²) >= 11 is 0. The first-order valence-corrected chi connectivity index (χ1v) is 8.33. The number of hydrogen-bond acceptors (Lipinski definition) is 3. The predicted molar refractivity (Wildman–Crippen MR) is 81.7 cm³/mol. The van der Waals surface area contributed by atoms with E-state index in [2.05, 4.69) is 39.9 Å². The van der Waals surface area contributed by atoms with Crippen molar-refractivity contribution < 1.29 is 0 Å². The summed E-state index contributed by atoms with van der Waals surface area (Å²) in [4.78, 5) is 2.65. The molecule has 4 heteroatoms. The van der Waals surface area contributed by atoms with Gasteiger partial charge in [-0.3, -0.25) is 9.58 Å². The number of rotatable bonds is 7. The van der Waals surface area contributed by atoms with Crippen molar-refractivity contribution in [3.63, 3.8) is 0 Å². The average molecular weight is 276 g/mol. The van der Waals surface area contributed by atoms with Crippen LogP contribution in [-0.2, 0) is 19.5 Å². The summed E-state index contributed by atoms with van der Waals surface area (Å²) in [5.41, 5.74) is 2.62. The van der Waals surface area contributed by atoms with Crippen LogP contribution in [0.25, 0.3) is 0 Å². The average Bonchev–Trinajstić information content (AvgIpc) is 3.05. The van der Waals surface area contributed by atoms with E-state index in [-0.39, 0.29) is 0 Å². The van der Waals surface area contributed by atoms with Crippen molar-refractivity contribution in [2.75, 3.05) is 13.1 Å². The van der Waals surface area contributed by atoms with Crippen LogP contribution in [-0.4, -0.2) is 39.9 Å². The van der Waals surface area contributed by atoms with E-state index in [0.29, 0.717) is 0 Å². The number of likely N-dealkylation sites (tertiary alicyclic amines) is 1. The Morgan fingerprint density at radius 1 is 1.30 bits per heavy atom. The molecule has 0 amide bonds. The van der Waals surface area contributed by atoms with Crippen molar-refractivity contribution in [3.8, 4) is 0 Å². The summed E-state index contributed by atoms with van der Waals surface area (Å²) in [7, 11) is 0. The molecule has 1 aromatic rings. The second kappa shape index (κ2) is 6.27. The van der Waals surface area contributed by atoms with Crippen LogP contribution in [0, 0.1) is 0 Å². The molecule has 20 heavy (non-hydrogen) atoms. The lowest BCUT2D eigenvalue weighted by atomic mass is 10.2. The van der Waals surface area contributed by atoms with Gasteiger partial charge in [-0.1, -0.05) is 6.92 Å². The van der Waals surface area contributed by atoms with Crippen LogP contribution >= 0.6 is 0 Å². The standard InChI is InChI=1S/C16H28N4/c1-3-13-10-16(20(4-2)18-13)12-19-9-5-6-15(19)11-17-14-7-8-14/h10,14-15,17H,3-9,11-12H2,1-2H3. The molecule has 1 saturated heterocycles. The number of aromatic nitrogens is 2. The zero-order valence-electron chi connectivity index (χ0n) is 12.9. The third-order valence-corrected chi connectivity index (χ3v) is 4.66. The van der Waals surface area contributed by atoms with Gasteiger partial charge in [-0.2, -0.15) is 5.10 Å². The molecule has 0 aromatic carbocycles. The minimum atomic E-state index is 0.723. The number of hydrogen-bond donors (Lipinski definition) is 1. The second-order valence-electron chi connectivity index (χ2n) is 6.25. The number of aryl methyl sites for hydroxylation is 2. The minimum absolute atomic E-state index is 0.723. The highest BCUT2D eigenvalue weighted by Crippen LogP contribution is 2.23. The van der Waals surface area contributed by atoms with Gasteiger partial charge < -0.3 is 5.32 Å². The maximum Gasteiger partial charge on any atom is 0.0625 e. The molecular formula is C16H28N4. The Hall–Kier alpha value is -0.870. The highest BCUT2D eigenvalue weighted by molar-refractivity contribution is 5.11. The maximum atomic E-state index is 4.67. The first kappa shape index (κ1) is 14.1. The molecule has 3 rings (SSSR count). The van der Waals surface area contributed by atoms with E-state index in [1.807, 2.05) is 0 Å². The molecule has 2 heterocycles. The van der Waals surface area contributed by atoms with E-state index in [1.165, 1.54) is 50.2 Å². The third kappa shape index (κ3) is 3.23. The molecule has 1 N–H and O–H groups in total. The molecule has 112 valence electrons. The fourth-order valence-electron chi connectivity index (χ4n) is 3.22. The lowest BCUT2D eigenvalue weighted by Crippen LogP contribution is -2.38. The van der Waals surface area contributed by atoms with Gasteiger partial charge in [0.25, 0.3) is 0 Å². The molecule has 1 aliphatic carbocycles. The van der Waals surface area contributed by atoms with Gasteiger partial charge in [0.2, 0.25) is 0 Å². The predicted octanol–water partition coefficient (Wildman–Crippen LogP) is 2.18. The van der Waals surface area contributed by atoms with Crippen molar-refractivity contribution in [2.24, 2.45) is 0 Å². The van der Waals surface area contributed by atoms with Crippen LogP contribution in [0.3, 0.4) is 0 Å². The minimum Gasteiger partial charge on any atom is -0.312 e. The van der Waals surface area contributed by atoms with E-state index in [4.69, 9.17) is 0 Å². The Morgan fingerprint density at radius 3 is 2.85 bits per heavy atom. The van der Waals surface area contributed by atoms with Crippen molar-refractivity contribution in [1.29, 1.82) is 0 Å². The first-order valence-electron chi connectivity index (χ1n) is 8.33. The molecule has 1 unspecified atom stereocenters. The molecule has 1 aliphatic heterocycles. The SMILES string of the molecule is CCc1cc(CN2CCCC2CNC2CC2)n(CC)n1. The van der Waals surface area contributed by atoms with Gasteiger partial charge in [-0.05, 0) is 51.6 Å². The highest BCUT2D eigenvalue weighted by Gasteiger charge is 2.28. The van der Waals surface area contributed by atoms with Gasteiger partial charge in [0.15, 0.2) is 0 Å². The monoisotopic (exact) mass is 276 g/mol. The van der Waals surface area contributed by atoms with Crippen molar-refractivity contribution in [2.45, 2.75) is 71.1 Å². The summed E-state index contributed by atoms with van der Waals surface area (Å²) in [5.74, 6) is 0. The van der Waals surface area contributed by atoms with E-state index >= 15 is 0 Å². The molecule has 0 radical (unpaired) electrons. The topological polar surface area (TPSA) is 33.1 Å². The number of nitrogens with one attached hydrogen (secondary N) is 1. The van der Waals surface area contributed by atoms with Crippen LogP contribution in [0.1, 0.15) is 50.9 Å². The molecule has 1 saturated carbocycles.